The van der Waals surface area contributed by atoms with E-state index in [1.165, 1.54) is 34.5 Å². The van der Waals surface area contributed by atoms with Crippen LogP contribution in [0.15, 0.2) is 35.3 Å². The van der Waals surface area contributed by atoms with Gasteiger partial charge in [0.1, 0.15) is 11.7 Å². The van der Waals surface area contributed by atoms with Gasteiger partial charge in [0.2, 0.25) is 0 Å². The molecule has 0 spiro atoms. The van der Waals surface area contributed by atoms with E-state index in [1.54, 1.807) is 0 Å². The molecule has 142 valence electrons. The van der Waals surface area contributed by atoms with Crippen molar-refractivity contribution in [3.63, 3.8) is 0 Å². The van der Waals surface area contributed by atoms with Crippen LogP contribution in [0, 0.1) is 0 Å². The molecular weight excluding hydrogens is 358 g/mol. The van der Waals surface area contributed by atoms with E-state index in [9.17, 15) is 14.7 Å². The van der Waals surface area contributed by atoms with Crippen molar-refractivity contribution in [2.75, 3.05) is 19.8 Å². The molecule has 2 aromatic rings. The van der Waals surface area contributed by atoms with Crippen molar-refractivity contribution >= 4 is 17.1 Å². The number of carboxylic acids is 1. The fraction of sp³-hybridized carbons (Fsp3) is 0.364. The zero-order valence-electron chi connectivity index (χ0n) is 15.2. The Kier molecular flexibility index (Phi) is 3.29. The zero-order chi connectivity index (χ0) is 19.0. The highest BCUT2D eigenvalue weighted by atomic mass is 16.5. The van der Waals surface area contributed by atoms with Crippen LogP contribution in [-0.2, 0) is 15.9 Å². The van der Waals surface area contributed by atoms with Gasteiger partial charge in [-0.05, 0) is 34.3 Å². The predicted octanol–water partition coefficient (Wildman–Crippen LogP) is 2.47. The average Bonchev–Trinajstić information content (AvgIpc) is 3.23. The Morgan fingerprint density at radius 3 is 2.82 bits per heavy atom. The summed E-state index contributed by atoms with van der Waals surface area (Å²) in [5.74, 6) is -0.718. The van der Waals surface area contributed by atoms with Crippen LogP contribution in [0.4, 0.5) is 0 Å². The van der Waals surface area contributed by atoms with Gasteiger partial charge in [0, 0.05) is 36.9 Å². The van der Waals surface area contributed by atoms with Crippen molar-refractivity contribution in [2.45, 2.75) is 30.9 Å². The molecule has 2 atom stereocenters. The van der Waals surface area contributed by atoms with Crippen molar-refractivity contribution in [3.05, 3.63) is 68.6 Å². The molecule has 3 aliphatic heterocycles. The van der Waals surface area contributed by atoms with Gasteiger partial charge in [-0.3, -0.25) is 4.79 Å². The Bertz CT molecular complexity index is 1120. The Hall–Kier alpha value is -2.70. The van der Waals surface area contributed by atoms with E-state index < -0.39 is 11.4 Å². The number of benzene rings is 1. The smallest absolute Gasteiger partial charge is 0.341 e. The molecule has 2 fully saturated rings. The van der Waals surface area contributed by atoms with Crippen molar-refractivity contribution in [1.29, 1.82) is 0 Å². The largest absolute Gasteiger partial charge is 0.477 e. The van der Waals surface area contributed by atoms with Crippen LogP contribution in [0.3, 0.4) is 0 Å². The predicted molar refractivity (Wildman–Crippen MR) is 102 cm³/mol. The molecule has 1 aromatic carbocycles. The first-order chi connectivity index (χ1) is 13.6. The molecule has 0 radical (unpaired) electrons. The van der Waals surface area contributed by atoms with E-state index in [4.69, 9.17) is 9.47 Å². The van der Waals surface area contributed by atoms with Crippen molar-refractivity contribution in [2.24, 2.45) is 0 Å². The van der Waals surface area contributed by atoms with Crippen LogP contribution in [0.1, 0.15) is 51.1 Å². The van der Waals surface area contributed by atoms with E-state index in [1.807, 2.05) is 4.57 Å². The molecule has 1 aromatic heterocycles. The molecule has 0 amide bonds. The first-order valence-electron chi connectivity index (χ1n) is 9.67. The first-order valence-corrected chi connectivity index (χ1v) is 9.67. The molecular formula is C22H19NO5. The molecule has 6 heteroatoms. The number of rotatable bonds is 2. The normalized spacial score (nSPS) is 25.0. The SMILES string of the molecule is O=C(O)c1cn2c(cc1=O)C1=C(c3ccc(C4COC4)cc3C1)[C@H]1OCC[C@H]12. The fourth-order valence-electron chi connectivity index (χ4n) is 5.07. The molecule has 6 rings (SSSR count). The second kappa shape index (κ2) is 5.65. The van der Waals surface area contributed by atoms with E-state index in [-0.39, 0.29) is 17.7 Å². The third-order valence-corrected chi connectivity index (χ3v) is 6.54. The second-order valence-electron chi connectivity index (χ2n) is 8.02. The minimum absolute atomic E-state index is 0.0260. The van der Waals surface area contributed by atoms with Crippen LogP contribution in [0.5, 0.6) is 0 Å². The van der Waals surface area contributed by atoms with Gasteiger partial charge in [-0.1, -0.05) is 18.2 Å². The number of ether oxygens (including phenoxy) is 2. The fourth-order valence-corrected chi connectivity index (χ4v) is 5.07. The third-order valence-electron chi connectivity index (χ3n) is 6.54. The van der Waals surface area contributed by atoms with Gasteiger partial charge in [0.05, 0.1) is 19.3 Å². The number of carbonyl (C=O) groups is 1. The summed E-state index contributed by atoms with van der Waals surface area (Å²) in [7, 11) is 0. The number of aromatic nitrogens is 1. The lowest BCUT2D eigenvalue weighted by atomic mass is 9.88. The molecule has 0 bridgehead atoms. The van der Waals surface area contributed by atoms with Gasteiger partial charge in [0.25, 0.3) is 0 Å². The van der Waals surface area contributed by atoms with Crippen LogP contribution in [0.25, 0.3) is 11.1 Å². The second-order valence-corrected chi connectivity index (χ2v) is 8.02. The summed E-state index contributed by atoms with van der Waals surface area (Å²) in [5, 5.41) is 9.38. The van der Waals surface area contributed by atoms with Crippen molar-refractivity contribution in [1.82, 2.24) is 4.57 Å². The van der Waals surface area contributed by atoms with Gasteiger partial charge in [-0.2, -0.15) is 0 Å². The monoisotopic (exact) mass is 377 g/mol. The highest BCUT2D eigenvalue weighted by molar-refractivity contribution is 6.00. The molecule has 6 nitrogen and oxygen atoms in total. The van der Waals surface area contributed by atoms with E-state index in [0.29, 0.717) is 12.5 Å². The number of nitrogens with zero attached hydrogens (tertiary/aromatic N) is 1. The van der Waals surface area contributed by atoms with Crippen LogP contribution in [0.2, 0.25) is 0 Å². The quantitative estimate of drug-likeness (QED) is 0.870. The lowest BCUT2D eigenvalue weighted by Gasteiger charge is -2.32. The summed E-state index contributed by atoms with van der Waals surface area (Å²) in [6.45, 7) is 2.18. The van der Waals surface area contributed by atoms with Gasteiger partial charge in [-0.15, -0.1) is 0 Å². The molecule has 2 saturated heterocycles. The highest BCUT2D eigenvalue weighted by Gasteiger charge is 2.43. The minimum Gasteiger partial charge on any atom is -0.477 e. The summed E-state index contributed by atoms with van der Waals surface area (Å²) in [5.41, 5.74) is 6.25. The Morgan fingerprint density at radius 2 is 2.07 bits per heavy atom. The summed E-state index contributed by atoms with van der Waals surface area (Å²) in [4.78, 5) is 23.9. The van der Waals surface area contributed by atoms with Gasteiger partial charge >= 0.3 is 5.97 Å². The number of carboxylic acid groups (broad SMARTS) is 1. The minimum atomic E-state index is -1.18. The van der Waals surface area contributed by atoms with Gasteiger partial charge in [0.15, 0.2) is 5.43 Å². The molecule has 28 heavy (non-hydrogen) atoms. The molecule has 1 aliphatic carbocycles. The maximum Gasteiger partial charge on any atom is 0.341 e. The number of pyridine rings is 1. The summed E-state index contributed by atoms with van der Waals surface area (Å²) in [6.07, 6.45) is 2.97. The van der Waals surface area contributed by atoms with Crippen molar-refractivity contribution < 1.29 is 19.4 Å². The highest BCUT2D eigenvalue weighted by Crippen LogP contribution is 2.50. The molecule has 0 saturated carbocycles. The molecule has 1 N–H and O–H groups in total. The number of hydrogen-bond donors (Lipinski definition) is 1. The lowest BCUT2D eigenvalue weighted by Crippen LogP contribution is -2.31. The van der Waals surface area contributed by atoms with Crippen LogP contribution >= 0.6 is 0 Å². The standard InChI is InChI=1S/C22H19NO5/c24-19-7-18-15-6-12-5-11(13-9-27-10-13)1-2-14(12)20(15)21-17(3-4-28-21)23(18)8-16(19)22(25)26/h1-2,5,7-8,13,17,21H,3-4,6,9-10H2,(H,25,26)/t17-,21+/m1/s1. The molecule has 4 heterocycles. The average molecular weight is 377 g/mol. The summed E-state index contributed by atoms with van der Waals surface area (Å²) in [6, 6.07) is 8.15. The van der Waals surface area contributed by atoms with E-state index >= 15 is 0 Å². The third kappa shape index (κ3) is 2.10. The van der Waals surface area contributed by atoms with Crippen LogP contribution in [-0.4, -0.2) is 41.6 Å². The topological polar surface area (TPSA) is 77.8 Å². The van der Waals surface area contributed by atoms with Gasteiger partial charge < -0.3 is 19.1 Å². The summed E-state index contributed by atoms with van der Waals surface area (Å²) < 4.78 is 13.4. The molecule has 4 aliphatic rings. The van der Waals surface area contributed by atoms with Crippen LogP contribution < -0.4 is 5.43 Å². The maximum absolute atomic E-state index is 12.4. The number of hydrogen-bond acceptors (Lipinski definition) is 4. The Balaban J connectivity index is 1.52. The zero-order valence-corrected chi connectivity index (χ0v) is 15.2. The molecule has 0 unspecified atom stereocenters. The maximum atomic E-state index is 12.4. The van der Waals surface area contributed by atoms with Crippen molar-refractivity contribution in [3.8, 4) is 0 Å². The Labute approximate surface area is 161 Å². The first kappa shape index (κ1) is 16.3. The number of fused-ring (bicyclic) bond motifs is 7. The summed E-state index contributed by atoms with van der Waals surface area (Å²) >= 11 is 0. The number of aromatic carboxylic acids is 1. The Morgan fingerprint density at radius 1 is 1.21 bits per heavy atom. The van der Waals surface area contributed by atoms with E-state index in [2.05, 4.69) is 18.2 Å². The number of allylic oxidation sites excluding steroid dienone is 1. The van der Waals surface area contributed by atoms with E-state index in [0.717, 1.165) is 37.3 Å². The lowest BCUT2D eigenvalue weighted by molar-refractivity contribution is 0.00840. The van der Waals surface area contributed by atoms with Gasteiger partial charge in [-0.25, -0.2) is 4.79 Å².